The maximum atomic E-state index is 11.4. The van der Waals surface area contributed by atoms with E-state index < -0.39 is 0 Å². The third kappa shape index (κ3) is 4.64. The Bertz CT molecular complexity index is 832. The second-order valence-electron chi connectivity index (χ2n) is 7.37. The third-order valence-corrected chi connectivity index (χ3v) is 5.20. The number of ether oxygens (including phenoxy) is 2. The third-order valence-electron chi connectivity index (χ3n) is 5.20. The fraction of sp³-hybridized carbons (Fsp3) is 0.409. The standard InChI is InChI=1S/C22H27N3O3/c1-17(26)23-20-5-3-2-4-19(20)16-25-10-8-24(9-11-25)15-18-6-7-21-22(14-18)28-13-12-27-21/h2-7,14H,8-13,15-16H2,1H3,(H,23,26). The molecule has 0 bridgehead atoms. The summed E-state index contributed by atoms with van der Waals surface area (Å²) in [5, 5.41) is 2.93. The molecule has 2 aliphatic rings. The molecule has 1 amide bonds. The summed E-state index contributed by atoms with van der Waals surface area (Å²) in [6, 6.07) is 14.3. The number of anilines is 1. The zero-order valence-electron chi connectivity index (χ0n) is 16.3. The van der Waals surface area contributed by atoms with Crippen molar-refractivity contribution in [1.82, 2.24) is 9.80 Å². The predicted octanol–water partition coefficient (Wildman–Crippen LogP) is 2.73. The number of hydrogen-bond donors (Lipinski definition) is 1. The van der Waals surface area contributed by atoms with Gasteiger partial charge < -0.3 is 14.8 Å². The minimum absolute atomic E-state index is 0.0308. The van der Waals surface area contributed by atoms with Crippen LogP contribution in [0, 0.1) is 0 Å². The molecule has 0 aromatic heterocycles. The molecule has 0 unspecified atom stereocenters. The summed E-state index contributed by atoms with van der Waals surface area (Å²) in [5.41, 5.74) is 3.33. The Hall–Kier alpha value is -2.57. The molecular formula is C22H27N3O3. The number of nitrogens with zero attached hydrogens (tertiary/aromatic N) is 2. The number of hydrogen-bond acceptors (Lipinski definition) is 5. The average molecular weight is 381 g/mol. The summed E-state index contributed by atoms with van der Waals surface area (Å²) in [6.07, 6.45) is 0. The van der Waals surface area contributed by atoms with Crippen LogP contribution < -0.4 is 14.8 Å². The molecule has 1 fully saturated rings. The maximum absolute atomic E-state index is 11.4. The van der Waals surface area contributed by atoms with Crippen molar-refractivity contribution in [3.8, 4) is 11.5 Å². The van der Waals surface area contributed by atoms with Gasteiger partial charge in [-0.3, -0.25) is 14.6 Å². The van der Waals surface area contributed by atoms with Crippen LogP contribution in [0.2, 0.25) is 0 Å². The van der Waals surface area contributed by atoms with Gasteiger partial charge in [0.15, 0.2) is 11.5 Å². The number of piperazine rings is 1. The number of fused-ring (bicyclic) bond motifs is 1. The highest BCUT2D eigenvalue weighted by molar-refractivity contribution is 5.89. The van der Waals surface area contributed by atoms with Gasteiger partial charge in [0.2, 0.25) is 5.91 Å². The molecule has 1 saturated heterocycles. The van der Waals surface area contributed by atoms with E-state index in [-0.39, 0.29) is 5.91 Å². The molecule has 2 aliphatic heterocycles. The van der Waals surface area contributed by atoms with Crippen molar-refractivity contribution in [2.24, 2.45) is 0 Å². The minimum atomic E-state index is -0.0308. The molecule has 2 aromatic carbocycles. The first-order chi connectivity index (χ1) is 13.7. The van der Waals surface area contributed by atoms with Crippen LogP contribution in [-0.4, -0.2) is 55.1 Å². The first kappa shape index (κ1) is 18.8. The molecule has 2 heterocycles. The summed E-state index contributed by atoms with van der Waals surface area (Å²) in [5.74, 6) is 1.67. The molecule has 0 atom stereocenters. The molecule has 1 N–H and O–H groups in total. The molecule has 148 valence electrons. The molecule has 4 rings (SSSR count). The van der Waals surface area contributed by atoms with Crippen LogP contribution in [0.1, 0.15) is 18.1 Å². The van der Waals surface area contributed by atoms with Gasteiger partial charge in [0.25, 0.3) is 0 Å². The van der Waals surface area contributed by atoms with Gasteiger partial charge in [-0.25, -0.2) is 0 Å². The first-order valence-electron chi connectivity index (χ1n) is 9.86. The predicted molar refractivity (Wildman–Crippen MR) is 109 cm³/mol. The zero-order chi connectivity index (χ0) is 19.3. The summed E-state index contributed by atoms with van der Waals surface area (Å²) < 4.78 is 11.3. The summed E-state index contributed by atoms with van der Waals surface area (Å²) in [4.78, 5) is 16.3. The maximum Gasteiger partial charge on any atom is 0.221 e. The second kappa shape index (κ2) is 8.63. The number of carbonyl (C=O) groups is 1. The monoisotopic (exact) mass is 381 g/mol. The van der Waals surface area contributed by atoms with Crippen molar-refractivity contribution in [1.29, 1.82) is 0 Å². The van der Waals surface area contributed by atoms with Crippen molar-refractivity contribution < 1.29 is 14.3 Å². The van der Waals surface area contributed by atoms with E-state index in [1.54, 1.807) is 6.92 Å². The molecule has 0 radical (unpaired) electrons. The van der Waals surface area contributed by atoms with Crippen LogP contribution in [0.5, 0.6) is 11.5 Å². The topological polar surface area (TPSA) is 54.0 Å². The summed E-state index contributed by atoms with van der Waals surface area (Å²) >= 11 is 0. The number of amides is 1. The number of benzene rings is 2. The van der Waals surface area contributed by atoms with E-state index in [0.717, 1.165) is 62.0 Å². The van der Waals surface area contributed by atoms with Crippen LogP contribution in [0.25, 0.3) is 0 Å². The normalized spacial score (nSPS) is 17.3. The van der Waals surface area contributed by atoms with E-state index in [0.29, 0.717) is 13.2 Å². The Morgan fingerprint density at radius 3 is 2.36 bits per heavy atom. The quantitative estimate of drug-likeness (QED) is 0.863. The van der Waals surface area contributed by atoms with E-state index in [1.165, 1.54) is 5.56 Å². The molecule has 0 spiro atoms. The number of rotatable bonds is 5. The zero-order valence-corrected chi connectivity index (χ0v) is 16.3. The highest BCUT2D eigenvalue weighted by Gasteiger charge is 2.19. The SMILES string of the molecule is CC(=O)Nc1ccccc1CN1CCN(Cc2ccc3c(c2)OCCO3)CC1. The summed E-state index contributed by atoms with van der Waals surface area (Å²) in [7, 11) is 0. The van der Waals surface area contributed by atoms with Gasteiger partial charge in [-0.05, 0) is 29.3 Å². The highest BCUT2D eigenvalue weighted by atomic mass is 16.6. The van der Waals surface area contributed by atoms with E-state index in [4.69, 9.17) is 9.47 Å². The van der Waals surface area contributed by atoms with Gasteiger partial charge in [-0.1, -0.05) is 24.3 Å². The van der Waals surface area contributed by atoms with Gasteiger partial charge in [-0.2, -0.15) is 0 Å². The van der Waals surface area contributed by atoms with E-state index in [2.05, 4.69) is 33.3 Å². The molecule has 6 nitrogen and oxygen atoms in total. The van der Waals surface area contributed by atoms with Crippen molar-refractivity contribution in [2.45, 2.75) is 20.0 Å². The van der Waals surface area contributed by atoms with E-state index in [9.17, 15) is 4.79 Å². The smallest absolute Gasteiger partial charge is 0.221 e. The molecule has 6 heteroatoms. The number of para-hydroxylation sites is 1. The van der Waals surface area contributed by atoms with Gasteiger partial charge in [0, 0.05) is 51.9 Å². The second-order valence-corrected chi connectivity index (χ2v) is 7.37. The lowest BCUT2D eigenvalue weighted by atomic mass is 10.1. The largest absolute Gasteiger partial charge is 0.486 e. The molecule has 0 aliphatic carbocycles. The Morgan fingerprint density at radius 2 is 1.61 bits per heavy atom. The Labute approximate surface area is 166 Å². The van der Waals surface area contributed by atoms with Gasteiger partial charge >= 0.3 is 0 Å². The van der Waals surface area contributed by atoms with E-state index in [1.807, 2.05) is 24.3 Å². The Morgan fingerprint density at radius 1 is 0.929 bits per heavy atom. The lowest BCUT2D eigenvalue weighted by molar-refractivity contribution is -0.114. The van der Waals surface area contributed by atoms with E-state index >= 15 is 0 Å². The average Bonchev–Trinajstić information content (AvgIpc) is 2.70. The van der Waals surface area contributed by atoms with Gasteiger partial charge in [0.1, 0.15) is 13.2 Å². The van der Waals surface area contributed by atoms with Crippen molar-refractivity contribution in [3.05, 3.63) is 53.6 Å². The molecule has 2 aromatic rings. The minimum Gasteiger partial charge on any atom is -0.486 e. The summed E-state index contributed by atoms with van der Waals surface area (Å²) in [6.45, 7) is 8.65. The Kier molecular flexibility index (Phi) is 5.78. The van der Waals surface area contributed by atoms with Crippen LogP contribution >= 0.6 is 0 Å². The Balaban J connectivity index is 1.31. The van der Waals surface area contributed by atoms with Crippen LogP contribution in [0.4, 0.5) is 5.69 Å². The number of carbonyl (C=O) groups excluding carboxylic acids is 1. The van der Waals surface area contributed by atoms with Crippen molar-refractivity contribution in [3.63, 3.8) is 0 Å². The van der Waals surface area contributed by atoms with Crippen LogP contribution in [0.3, 0.4) is 0 Å². The highest BCUT2D eigenvalue weighted by Crippen LogP contribution is 2.31. The van der Waals surface area contributed by atoms with Crippen LogP contribution in [-0.2, 0) is 17.9 Å². The van der Waals surface area contributed by atoms with Crippen LogP contribution in [0.15, 0.2) is 42.5 Å². The van der Waals surface area contributed by atoms with Gasteiger partial charge in [-0.15, -0.1) is 0 Å². The molecule has 0 saturated carbocycles. The fourth-order valence-electron chi connectivity index (χ4n) is 3.76. The number of nitrogens with one attached hydrogen (secondary N) is 1. The fourth-order valence-corrected chi connectivity index (χ4v) is 3.76. The van der Waals surface area contributed by atoms with Gasteiger partial charge in [0.05, 0.1) is 0 Å². The molecule has 28 heavy (non-hydrogen) atoms. The lowest BCUT2D eigenvalue weighted by Crippen LogP contribution is -2.45. The van der Waals surface area contributed by atoms with Crippen molar-refractivity contribution in [2.75, 3.05) is 44.7 Å². The lowest BCUT2D eigenvalue weighted by Gasteiger charge is -2.35. The first-order valence-corrected chi connectivity index (χ1v) is 9.86. The molecular weight excluding hydrogens is 354 g/mol. The van der Waals surface area contributed by atoms with Crippen molar-refractivity contribution >= 4 is 11.6 Å².